The molecule has 0 aliphatic rings. The molecule has 0 radical (unpaired) electrons. The topological polar surface area (TPSA) is 21.3 Å². The standard InChI is InChI=1S/C17H19Cl2NO/c1-11-5-4-6-12(2)17(11)21-13(3)10-20-16-9-14(18)7-8-15(16)19/h4-9,13,20H,10H2,1-3H3. The molecule has 0 amide bonds. The summed E-state index contributed by atoms with van der Waals surface area (Å²) in [5.41, 5.74) is 3.10. The van der Waals surface area contributed by atoms with Gasteiger partial charge in [0.25, 0.3) is 0 Å². The van der Waals surface area contributed by atoms with Crippen LogP contribution >= 0.6 is 23.2 Å². The lowest BCUT2D eigenvalue weighted by Crippen LogP contribution is -2.23. The van der Waals surface area contributed by atoms with E-state index in [1.54, 1.807) is 12.1 Å². The normalized spacial score (nSPS) is 12.0. The molecular formula is C17H19Cl2NO. The zero-order valence-corrected chi connectivity index (χ0v) is 13.9. The van der Waals surface area contributed by atoms with Gasteiger partial charge >= 0.3 is 0 Å². The molecule has 4 heteroatoms. The maximum absolute atomic E-state index is 6.13. The first-order valence-corrected chi connectivity index (χ1v) is 7.64. The molecule has 0 saturated carbocycles. The molecule has 1 N–H and O–H groups in total. The minimum absolute atomic E-state index is 0.0137. The van der Waals surface area contributed by atoms with Crippen molar-refractivity contribution in [2.75, 3.05) is 11.9 Å². The monoisotopic (exact) mass is 323 g/mol. The Kier molecular flexibility index (Phi) is 5.38. The summed E-state index contributed by atoms with van der Waals surface area (Å²) in [7, 11) is 0. The number of hydrogen-bond acceptors (Lipinski definition) is 2. The van der Waals surface area contributed by atoms with Gasteiger partial charge in [-0.2, -0.15) is 0 Å². The van der Waals surface area contributed by atoms with Gasteiger partial charge in [-0.15, -0.1) is 0 Å². The van der Waals surface area contributed by atoms with E-state index in [2.05, 4.69) is 31.3 Å². The second-order valence-electron chi connectivity index (χ2n) is 5.15. The summed E-state index contributed by atoms with van der Waals surface area (Å²) in [6, 6.07) is 11.5. The maximum atomic E-state index is 6.13. The number of ether oxygens (including phenoxy) is 1. The molecule has 0 aromatic heterocycles. The highest BCUT2D eigenvalue weighted by molar-refractivity contribution is 6.35. The van der Waals surface area contributed by atoms with E-state index in [1.165, 1.54) is 0 Å². The van der Waals surface area contributed by atoms with E-state index in [9.17, 15) is 0 Å². The third-order valence-corrected chi connectivity index (χ3v) is 3.80. The number of rotatable bonds is 5. The van der Waals surface area contributed by atoms with Crippen molar-refractivity contribution in [1.82, 2.24) is 0 Å². The van der Waals surface area contributed by atoms with Crippen LogP contribution in [-0.2, 0) is 0 Å². The van der Waals surface area contributed by atoms with Crippen molar-refractivity contribution in [3.8, 4) is 5.75 Å². The number of hydrogen-bond donors (Lipinski definition) is 1. The van der Waals surface area contributed by atoms with Gasteiger partial charge in [-0.05, 0) is 50.1 Å². The fourth-order valence-electron chi connectivity index (χ4n) is 2.11. The van der Waals surface area contributed by atoms with Gasteiger partial charge in [-0.1, -0.05) is 41.4 Å². The molecule has 2 aromatic carbocycles. The van der Waals surface area contributed by atoms with Gasteiger partial charge < -0.3 is 10.1 Å². The van der Waals surface area contributed by atoms with E-state index in [4.69, 9.17) is 27.9 Å². The largest absolute Gasteiger partial charge is 0.488 e. The van der Waals surface area contributed by atoms with Gasteiger partial charge in [-0.25, -0.2) is 0 Å². The average Bonchev–Trinajstić information content (AvgIpc) is 2.44. The Hall–Kier alpha value is -1.38. The fourth-order valence-corrected chi connectivity index (χ4v) is 2.47. The Balaban J connectivity index is 1.99. The van der Waals surface area contributed by atoms with Crippen molar-refractivity contribution in [1.29, 1.82) is 0 Å². The molecule has 0 heterocycles. The quantitative estimate of drug-likeness (QED) is 0.785. The SMILES string of the molecule is Cc1cccc(C)c1OC(C)CNc1cc(Cl)ccc1Cl. The zero-order chi connectivity index (χ0) is 15.4. The second kappa shape index (κ2) is 7.06. The Bertz CT molecular complexity index is 608. The zero-order valence-electron chi connectivity index (χ0n) is 12.4. The molecule has 0 bridgehead atoms. The molecular weight excluding hydrogens is 305 g/mol. The van der Waals surface area contributed by atoms with Crippen molar-refractivity contribution >= 4 is 28.9 Å². The third kappa shape index (κ3) is 4.29. The van der Waals surface area contributed by atoms with Gasteiger partial charge in [0.15, 0.2) is 0 Å². The van der Waals surface area contributed by atoms with Crippen LogP contribution in [0.2, 0.25) is 10.0 Å². The predicted octanol–water partition coefficient (Wildman–Crippen LogP) is 5.49. The Morgan fingerprint density at radius 2 is 1.76 bits per heavy atom. The highest BCUT2D eigenvalue weighted by Crippen LogP contribution is 2.26. The van der Waals surface area contributed by atoms with E-state index in [1.807, 2.05) is 19.1 Å². The lowest BCUT2D eigenvalue weighted by atomic mass is 10.1. The van der Waals surface area contributed by atoms with E-state index in [0.29, 0.717) is 16.6 Å². The van der Waals surface area contributed by atoms with E-state index < -0.39 is 0 Å². The van der Waals surface area contributed by atoms with Gasteiger partial charge in [0.05, 0.1) is 17.3 Å². The third-order valence-electron chi connectivity index (χ3n) is 3.24. The number of nitrogens with one attached hydrogen (secondary N) is 1. The highest BCUT2D eigenvalue weighted by atomic mass is 35.5. The lowest BCUT2D eigenvalue weighted by molar-refractivity contribution is 0.231. The van der Waals surface area contributed by atoms with Crippen LogP contribution in [0, 0.1) is 13.8 Å². The van der Waals surface area contributed by atoms with Crippen LogP contribution in [0.25, 0.3) is 0 Å². The summed E-state index contributed by atoms with van der Waals surface area (Å²) >= 11 is 12.1. The number of aryl methyl sites for hydroxylation is 2. The molecule has 0 spiro atoms. The number of halogens is 2. The summed E-state index contributed by atoms with van der Waals surface area (Å²) < 4.78 is 6.03. The van der Waals surface area contributed by atoms with Crippen LogP contribution in [0.4, 0.5) is 5.69 Å². The van der Waals surface area contributed by atoms with Crippen LogP contribution < -0.4 is 10.1 Å². The van der Waals surface area contributed by atoms with Crippen molar-refractivity contribution in [2.24, 2.45) is 0 Å². The smallest absolute Gasteiger partial charge is 0.125 e. The minimum atomic E-state index is 0.0137. The van der Waals surface area contributed by atoms with Crippen molar-refractivity contribution in [3.63, 3.8) is 0 Å². The predicted molar refractivity (Wildman–Crippen MR) is 91.0 cm³/mol. The molecule has 1 atom stereocenters. The number of benzene rings is 2. The van der Waals surface area contributed by atoms with Crippen molar-refractivity contribution in [3.05, 3.63) is 57.6 Å². The van der Waals surface area contributed by atoms with Gasteiger partial charge in [0, 0.05) is 5.02 Å². The Morgan fingerprint density at radius 1 is 1.10 bits per heavy atom. The molecule has 21 heavy (non-hydrogen) atoms. The lowest BCUT2D eigenvalue weighted by Gasteiger charge is -2.19. The van der Waals surface area contributed by atoms with Gasteiger partial charge in [0.2, 0.25) is 0 Å². The van der Waals surface area contributed by atoms with E-state index in [0.717, 1.165) is 22.6 Å². The van der Waals surface area contributed by atoms with E-state index in [-0.39, 0.29) is 6.10 Å². The van der Waals surface area contributed by atoms with E-state index >= 15 is 0 Å². The molecule has 0 aliphatic carbocycles. The molecule has 112 valence electrons. The average molecular weight is 324 g/mol. The van der Waals surface area contributed by atoms with Gasteiger partial charge in [0.1, 0.15) is 11.9 Å². The van der Waals surface area contributed by atoms with Crippen LogP contribution in [0.5, 0.6) is 5.75 Å². The molecule has 0 fully saturated rings. The maximum Gasteiger partial charge on any atom is 0.125 e. The molecule has 0 aliphatic heterocycles. The highest BCUT2D eigenvalue weighted by Gasteiger charge is 2.09. The molecule has 2 aromatic rings. The Morgan fingerprint density at radius 3 is 2.43 bits per heavy atom. The molecule has 2 nitrogen and oxygen atoms in total. The minimum Gasteiger partial charge on any atom is -0.488 e. The summed E-state index contributed by atoms with van der Waals surface area (Å²) in [4.78, 5) is 0. The summed E-state index contributed by atoms with van der Waals surface area (Å²) in [6.07, 6.45) is 0.0137. The molecule has 1 unspecified atom stereocenters. The van der Waals surface area contributed by atoms with Gasteiger partial charge in [-0.3, -0.25) is 0 Å². The first-order valence-electron chi connectivity index (χ1n) is 6.89. The Labute approximate surface area is 136 Å². The summed E-state index contributed by atoms with van der Waals surface area (Å²) in [6.45, 7) is 6.78. The summed E-state index contributed by atoms with van der Waals surface area (Å²) in [5.74, 6) is 0.948. The van der Waals surface area contributed by atoms with Crippen LogP contribution in [0.1, 0.15) is 18.1 Å². The fraction of sp³-hybridized carbons (Fsp3) is 0.294. The van der Waals surface area contributed by atoms with Crippen molar-refractivity contribution in [2.45, 2.75) is 26.9 Å². The molecule has 2 rings (SSSR count). The first kappa shape index (κ1) is 16.0. The summed E-state index contributed by atoms with van der Waals surface area (Å²) in [5, 5.41) is 4.58. The first-order chi connectivity index (χ1) is 9.97. The van der Waals surface area contributed by atoms with Crippen molar-refractivity contribution < 1.29 is 4.74 Å². The number of para-hydroxylation sites is 1. The molecule has 0 saturated heterocycles. The number of anilines is 1. The van der Waals surface area contributed by atoms with Crippen LogP contribution in [-0.4, -0.2) is 12.6 Å². The van der Waals surface area contributed by atoms with Crippen LogP contribution in [0.3, 0.4) is 0 Å². The second-order valence-corrected chi connectivity index (χ2v) is 6.00. The van der Waals surface area contributed by atoms with Crippen LogP contribution in [0.15, 0.2) is 36.4 Å².